The number of hydrogen-bond donors (Lipinski definition) is 4. The molecule has 228 valence electrons. The van der Waals surface area contributed by atoms with E-state index in [2.05, 4.69) is 16.0 Å². The highest BCUT2D eigenvalue weighted by Crippen LogP contribution is 2.33. The summed E-state index contributed by atoms with van der Waals surface area (Å²) >= 11 is 0. The highest BCUT2D eigenvalue weighted by Gasteiger charge is 2.33. The number of amides is 4. The van der Waals surface area contributed by atoms with Crippen molar-refractivity contribution in [3.05, 3.63) is 124 Å². The summed E-state index contributed by atoms with van der Waals surface area (Å²) < 4.78 is 5.48. The Labute approximate surface area is 260 Å². The first-order chi connectivity index (χ1) is 21.9. The summed E-state index contributed by atoms with van der Waals surface area (Å²) in [7, 11) is 0. The number of carbonyl (C=O) groups excluding carboxylic acids is 4. The van der Waals surface area contributed by atoms with Gasteiger partial charge in [-0.3, -0.25) is 19.2 Å². The van der Waals surface area contributed by atoms with Crippen molar-refractivity contribution in [2.45, 2.75) is 38.5 Å². The molecule has 0 spiro atoms. The van der Waals surface area contributed by atoms with Gasteiger partial charge in [0.25, 0.3) is 23.6 Å². The van der Waals surface area contributed by atoms with Gasteiger partial charge in [0.2, 0.25) is 0 Å². The Morgan fingerprint density at radius 2 is 1.42 bits per heavy atom. The van der Waals surface area contributed by atoms with Crippen LogP contribution in [0.4, 0.5) is 11.4 Å². The van der Waals surface area contributed by atoms with Crippen molar-refractivity contribution >= 4 is 35.0 Å². The van der Waals surface area contributed by atoms with Gasteiger partial charge in [-0.05, 0) is 84.1 Å². The van der Waals surface area contributed by atoms with E-state index < -0.39 is 0 Å². The third-order valence-electron chi connectivity index (χ3n) is 7.80. The van der Waals surface area contributed by atoms with Crippen LogP contribution in [0.2, 0.25) is 0 Å². The van der Waals surface area contributed by atoms with Gasteiger partial charge in [0.15, 0.2) is 6.61 Å². The van der Waals surface area contributed by atoms with Crippen molar-refractivity contribution in [2.75, 3.05) is 17.2 Å². The molecule has 2 aliphatic rings. The minimum absolute atomic E-state index is 0.0777. The number of carbonyl (C=O) groups is 4. The summed E-state index contributed by atoms with van der Waals surface area (Å²) in [4.78, 5) is 52.3. The van der Waals surface area contributed by atoms with Crippen molar-refractivity contribution < 1.29 is 23.9 Å². The molecule has 10 nitrogen and oxygen atoms in total. The predicted molar refractivity (Wildman–Crippen MR) is 170 cm³/mol. The van der Waals surface area contributed by atoms with Crippen molar-refractivity contribution in [1.29, 1.82) is 0 Å². The molecule has 1 fully saturated rings. The standard InChI is InChI=1S/C35H33N5O5/c36-18-22-1-3-23(4-2-22)19-37-33(42)25-9-12-28(13-10-25)38-34(43)26-7-5-24(6-8-26)20-40(29-14-15-29)35(44)27-11-16-30-31(17-27)45-21-32(41)39-30/h1-13,16-17,29H,14-15,18-21,36H2,(H,37,42)(H,38,43)(H,39,41). The van der Waals surface area contributed by atoms with Crippen LogP contribution in [0.5, 0.6) is 5.75 Å². The minimum atomic E-state index is -0.282. The van der Waals surface area contributed by atoms with E-state index in [4.69, 9.17) is 10.5 Å². The average molecular weight is 604 g/mol. The zero-order valence-corrected chi connectivity index (χ0v) is 24.5. The first-order valence-corrected chi connectivity index (χ1v) is 14.8. The second-order valence-electron chi connectivity index (χ2n) is 11.1. The molecule has 0 aromatic heterocycles. The molecule has 10 heteroatoms. The maximum atomic E-state index is 13.4. The van der Waals surface area contributed by atoms with Gasteiger partial charge in [-0.1, -0.05) is 36.4 Å². The maximum Gasteiger partial charge on any atom is 0.262 e. The molecule has 45 heavy (non-hydrogen) atoms. The molecule has 0 unspecified atom stereocenters. The number of nitrogens with two attached hydrogens (primary N) is 1. The molecule has 6 rings (SSSR count). The van der Waals surface area contributed by atoms with Gasteiger partial charge in [-0.15, -0.1) is 0 Å². The summed E-state index contributed by atoms with van der Waals surface area (Å²) in [5.74, 6) is -0.345. The van der Waals surface area contributed by atoms with E-state index in [0.717, 1.165) is 29.5 Å². The van der Waals surface area contributed by atoms with Crippen LogP contribution in [0.3, 0.4) is 0 Å². The van der Waals surface area contributed by atoms with Crippen LogP contribution < -0.4 is 26.4 Å². The van der Waals surface area contributed by atoms with Crippen molar-refractivity contribution in [3.8, 4) is 5.75 Å². The molecule has 1 aliphatic heterocycles. The quantitative estimate of drug-likeness (QED) is 0.211. The number of rotatable bonds is 10. The Bertz CT molecular complexity index is 1730. The fourth-order valence-corrected chi connectivity index (χ4v) is 5.07. The molecule has 1 heterocycles. The van der Waals surface area contributed by atoms with Gasteiger partial charge in [0.1, 0.15) is 5.75 Å². The lowest BCUT2D eigenvalue weighted by atomic mass is 10.1. The number of hydrogen-bond acceptors (Lipinski definition) is 6. The Balaban J connectivity index is 1.03. The molecule has 1 saturated carbocycles. The molecule has 0 atom stereocenters. The van der Waals surface area contributed by atoms with Gasteiger partial charge < -0.3 is 31.3 Å². The lowest BCUT2D eigenvalue weighted by Gasteiger charge is -2.24. The molecule has 0 bridgehead atoms. The molecular formula is C35H33N5O5. The zero-order valence-electron chi connectivity index (χ0n) is 24.5. The number of nitrogens with one attached hydrogen (secondary N) is 3. The van der Waals surface area contributed by atoms with Gasteiger partial charge in [-0.2, -0.15) is 0 Å². The molecular weight excluding hydrogens is 570 g/mol. The molecule has 0 saturated heterocycles. The average Bonchev–Trinajstić information content (AvgIpc) is 3.92. The summed E-state index contributed by atoms with van der Waals surface area (Å²) in [5.41, 5.74) is 11.1. The van der Waals surface area contributed by atoms with E-state index in [9.17, 15) is 19.2 Å². The van der Waals surface area contributed by atoms with E-state index in [-0.39, 0.29) is 36.3 Å². The highest BCUT2D eigenvalue weighted by molar-refractivity contribution is 6.04. The largest absolute Gasteiger partial charge is 0.482 e. The van der Waals surface area contributed by atoms with Gasteiger partial charge >= 0.3 is 0 Å². The molecule has 4 aromatic rings. The Morgan fingerprint density at radius 3 is 2.11 bits per heavy atom. The molecule has 0 radical (unpaired) electrons. The first kappa shape index (κ1) is 29.6. The second kappa shape index (κ2) is 13.0. The van der Waals surface area contributed by atoms with Crippen molar-refractivity contribution in [1.82, 2.24) is 10.2 Å². The van der Waals surface area contributed by atoms with Crippen LogP contribution in [0.15, 0.2) is 91.0 Å². The SMILES string of the molecule is NCc1ccc(CNC(=O)c2ccc(NC(=O)c3ccc(CN(C(=O)c4ccc5c(c4)OCC(=O)N5)C4CC4)cc3)cc2)cc1. The fraction of sp³-hybridized carbons (Fsp3) is 0.200. The number of nitrogens with zero attached hydrogens (tertiary/aromatic N) is 1. The number of anilines is 2. The van der Waals surface area contributed by atoms with E-state index in [1.807, 2.05) is 41.3 Å². The van der Waals surface area contributed by atoms with E-state index in [1.165, 1.54) is 0 Å². The topological polar surface area (TPSA) is 143 Å². The lowest BCUT2D eigenvalue weighted by Crippen LogP contribution is -2.33. The molecule has 4 amide bonds. The van der Waals surface area contributed by atoms with E-state index >= 15 is 0 Å². The van der Waals surface area contributed by atoms with Crippen molar-refractivity contribution in [3.63, 3.8) is 0 Å². The Morgan fingerprint density at radius 1 is 0.800 bits per heavy atom. The van der Waals surface area contributed by atoms with Crippen LogP contribution in [-0.4, -0.2) is 41.2 Å². The van der Waals surface area contributed by atoms with E-state index in [1.54, 1.807) is 54.6 Å². The van der Waals surface area contributed by atoms with Crippen molar-refractivity contribution in [2.24, 2.45) is 5.73 Å². The lowest BCUT2D eigenvalue weighted by molar-refractivity contribution is -0.118. The number of benzene rings is 4. The van der Waals surface area contributed by atoms with Crippen LogP contribution >= 0.6 is 0 Å². The van der Waals surface area contributed by atoms with Crippen LogP contribution in [0.1, 0.15) is 60.6 Å². The van der Waals surface area contributed by atoms with Gasteiger partial charge in [0, 0.05) is 48.1 Å². The van der Waals surface area contributed by atoms with E-state index in [0.29, 0.717) is 53.4 Å². The number of fused-ring (bicyclic) bond motifs is 1. The van der Waals surface area contributed by atoms with Crippen LogP contribution in [-0.2, 0) is 24.4 Å². The number of ether oxygens (including phenoxy) is 1. The Hall–Kier alpha value is -5.48. The normalized spacial score (nSPS) is 13.6. The van der Waals surface area contributed by atoms with Crippen LogP contribution in [0, 0.1) is 0 Å². The van der Waals surface area contributed by atoms with Gasteiger partial charge in [0.05, 0.1) is 5.69 Å². The summed E-state index contributed by atoms with van der Waals surface area (Å²) in [6.07, 6.45) is 1.88. The summed E-state index contributed by atoms with van der Waals surface area (Å²) in [6, 6.07) is 26.8. The fourth-order valence-electron chi connectivity index (χ4n) is 5.07. The third-order valence-corrected chi connectivity index (χ3v) is 7.80. The smallest absolute Gasteiger partial charge is 0.262 e. The highest BCUT2D eigenvalue weighted by atomic mass is 16.5. The predicted octanol–water partition coefficient (Wildman–Crippen LogP) is 4.46. The minimum Gasteiger partial charge on any atom is -0.482 e. The molecule has 5 N–H and O–H groups in total. The van der Waals surface area contributed by atoms with Crippen LogP contribution in [0.25, 0.3) is 0 Å². The summed E-state index contributed by atoms with van der Waals surface area (Å²) in [5, 5.41) is 8.50. The summed E-state index contributed by atoms with van der Waals surface area (Å²) in [6.45, 7) is 1.20. The zero-order chi connectivity index (χ0) is 31.3. The second-order valence-corrected chi connectivity index (χ2v) is 11.1. The monoisotopic (exact) mass is 603 g/mol. The molecule has 4 aromatic carbocycles. The van der Waals surface area contributed by atoms with Gasteiger partial charge in [-0.25, -0.2) is 0 Å². The maximum absolute atomic E-state index is 13.4. The third kappa shape index (κ3) is 7.19. The Kier molecular flexibility index (Phi) is 8.56. The first-order valence-electron chi connectivity index (χ1n) is 14.8. The molecule has 1 aliphatic carbocycles.